The Morgan fingerprint density at radius 3 is 2.45 bits per heavy atom. The Labute approximate surface area is 131 Å². The van der Waals surface area contributed by atoms with E-state index in [1.54, 1.807) is 38.1 Å². The summed E-state index contributed by atoms with van der Waals surface area (Å²) in [5.74, 6) is 0.259. The number of nitrogens with one attached hydrogen (secondary N) is 1. The van der Waals surface area contributed by atoms with Gasteiger partial charge in [-0.1, -0.05) is 21.8 Å². The van der Waals surface area contributed by atoms with E-state index in [-0.39, 0.29) is 10.7 Å². The molecule has 7 nitrogen and oxygen atoms in total. The number of nitrogens with zero attached hydrogens (tertiary/aromatic N) is 3. The van der Waals surface area contributed by atoms with Crippen LogP contribution >= 0.6 is 11.5 Å². The number of rotatable bonds is 4. The van der Waals surface area contributed by atoms with Crippen molar-refractivity contribution in [1.29, 1.82) is 0 Å². The Kier molecular flexibility index (Phi) is 3.67. The highest BCUT2D eigenvalue weighted by Crippen LogP contribution is 2.24. The minimum atomic E-state index is -3.73. The quantitative estimate of drug-likeness (QED) is 0.786. The Morgan fingerprint density at radius 1 is 1.18 bits per heavy atom. The lowest BCUT2D eigenvalue weighted by Gasteiger charge is -2.07. The second kappa shape index (κ2) is 5.50. The molecule has 1 N–H and O–H groups in total. The third kappa shape index (κ3) is 2.72. The van der Waals surface area contributed by atoms with Gasteiger partial charge in [0.2, 0.25) is 0 Å². The molecule has 114 valence electrons. The van der Waals surface area contributed by atoms with Crippen molar-refractivity contribution in [2.24, 2.45) is 0 Å². The Bertz CT molecular complexity index is 865. The van der Waals surface area contributed by atoms with Gasteiger partial charge < -0.3 is 4.52 Å². The molecule has 0 bridgehead atoms. The van der Waals surface area contributed by atoms with Crippen LogP contribution in [0.25, 0.3) is 11.3 Å². The van der Waals surface area contributed by atoms with Crippen LogP contribution in [0.3, 0.4) is 0 Å². The first kappa shape index (κ1) is 14.7. The standard InChI is InChI=1S/C13H12N4O3S2/c1-8-13(9(2)20-15-8)22(18,19)16-11-5-3-10(4-6-11)12-7-21-17-14-12/h3-7,16H,1-2H3. The second-order valence-corrected chi connectivity index (χ2v) is 6.86. The fourth-order valence-corrected chi connectivity index (χ4v) is 3.92. The lowest BCUT2D eigenvalue weighted by molar-refractivity contribution is 0.390. The van der Waals surface area contributed by atoms with Gasteiger partial charge in [-0.15, -0.1) is 5.10 Å². The molecule has 1 aromatic carbocycles. The van der Waals surface area contributed by atoms with Crippen molar-refractivity contribution in [3.8, 4) is 11.3 Å². The van der Waals surface area contributed by atoms with E-state index in [1.807, 2.05) is 5.38 Å². The molecule has 0 spiro atoms. The fraction of sp³-hybridized carbons (Fsp3) is 0.154. The lowest BCUT2D eigenvalue weighted by Crippen LogP contribution is -2.14. The number of sulfonamides is 1. The molecule has 3 aromatic rings. The van der Waals surface area contributed by atoms with E-state index in [4.69, 9.17) is 4.52 Å². The maximum Gasteiger partial charge on any atom is 0.267 e. The normalized spacial score (nSPS) is 11.5. The minimum Gasteiger partial charge on any atom is -0.360 e. The zero-order valence-electron chi connectivity index (χ0n) is 11.8. The average molecular weight is 336 g/mol. The van der Waals surface area contributed by atoms with Crippen LogP contribution in [0, 0.1) is 13.8 Å². The number of hydrogen-bond acceptors (Lipinski definition) is 7. The average Bonchev–Trinajstić information content (AvgIpc) is 3.09. The van der Waals surface area contributed by atoms with Crippen molar-refractivity contribution in [2.45, 2.75) is 18.7 Å². The Balaban J connectivity index is 1.87. The number of hydrogen-bond donors (Lipinski definition) is 1. The van der Waals surface area contributed by atoms with Gasteiger partial charge >= 0.3 is 0 Å². The lowest BCUT2D eigenvalue weighted by atomic mass is 10.2. The molecule has 3 rings (SSSR count). The van der Waals surface area contributed by atoms with E-state index in [9.17, 15) is 8.42 Å². The highest BCUT2D eigenvalue weighted by atomic mass is 32.2. The van der Waals surface area contributed by atoms with E-state index >= 15 is 0 Å². The molecule has 0 saturated carbocycles. The van der Waals surface area contributed by atoms with Crippen LogP contribution in [-0.4, -0.2) is 23.2 Å². The summed E-state index contributed by atoms with van der Waals surface area (Å²) in [6.45, 7) is 3.15. The van der Waals surface area contributed by atoms with Crippen molar-refractivity contribution < 1.29 is 12.9 Å². The van der Waals surface area contributed by atoms with Crippen molar-refractivity contribution in [3.05, 3.63) is 41.1 Å². The molecule has 2 aromatic heterocycles. The van der Waals surface area contributed by atoms with Gasteiger partial charge in [0.05, 0.1) is 0 Å². The molecule has 0 saturated heterocycles. The third-order valence-electron chi connectivity index (χ3n) is 3.03. The van der Waals surface area contributed by atoms with Gasteiger partial charge in [0.1, 0.15) is 11.4 Å². The molecule has 9 heteroatoms. The first-order valence-corrected chi connectivity index (χ1v) is 8.62. The van der Waals surface area contributed by atoms with E-state index in [1.165, 1.54) is 11.5 Å². The highest BCUT2D eigenvalue weighted by Gasteiger charge is 2.24. The van der Waals surface area contributed by atoms with Crippen molar-refractivity contribution >= 4 is 27.2 Å². The van der Waals surface area contributed by atoms with Crippen LogP contribution < -0.4 is 4.72 Å². The molecule has 0 amide bonds. The molecule has 0 aliphatic carbocycles. The van der Waals surface area contributed by atoms with Crippen LogP contribution in [0.2, 0.25) is 0 Å². The highest BCUT2D eigenvalue weighted by molar-refractivity contribution is 7.92. The second-order valence-electron chi connectivity index (χ2n) is 4.63. The summed E-state index contributed by atoms with van der Waals surface area (Å²) < 4.78 is 36.0. The predicted octanol–water partition coefficient (Wildman–Crippen LogP) is 2.61. The molecule has 0 aliphatic heterocycles. The summed E-state index contributed by atoms with van der Waals surface area (Å²) in [6, 6.07) is 6.90. The van der Waals surface area contributed by atoms with Gasteiger partial charge in [-0.25, -0.2) is 8.42 Å². The SMILES string of the molecule is Cc1noc(C)c1S(=O)(=O)Nc1ccc(-c2csnn2)cc1. The van der Waals surface area contributed by atoms with Crippen LogP contribution in [0.1, 0.15) is 11.5 Å². The van der Waals surface area contributed by atoms with Crippen molar-refractivity contribution in [2.75, 3.05) is 4.72 Å². The topological polar surface area (TPSA) is 98.0 Å². The van der Waals surface area contributed by atoms with Gasteiger partial charge in [0, 0.05) is 16.6 Å². The smallest absolute Gasteiger partial charge is 0.267 e. The monoisotopic (exact) mass is 336 g/mol. The maximum absolute atomic E-state index is 12.4. The summed E-state index contributed by atoms with van der Waals surface area (Å²) in [5.41, 5.74) is 2.40. The van der Waals surface area contributed by atoms with Crippen LogP contribution in [0.5, 0.6) is 0 Å². The predicted molar refractivity (Wildman–Crippen MR) is 82.1 cm³/mol. The first-order chi connectivity index (χ1) is 10.5. The van der Waals surface area contributed by atoms with Gasteiger partial charge in [0.25, 0.3) is 10.0 Å². The van der Waals surface area contributed by atoms with E-state index in [0.717, 1.165) is 11.3 Å². The summed E-state index contributed by atoms with van der Waals surface area (Å²) in [5, 5.41) is 9.45. The molecule has 0 radical (unpaired) electrons. The largest absolute Gasteiger partial charge is 0.360 e. The Hall–Kier alpha value is -2.26. The molecule has 0 fully saturated rings. The summed E-state index contributed by atoms with van der Waals surface area (Å²) in [6.07, 6.45) is 0. The van der Waals surface area contributed by atoms with E-state index < -0.39 is 10.0 Å². The maximum atomic E-state index is 12.4. The fourth-order valence-electron chi connectivity index (χ4n) is 2.06. The number of anilines is 1. The van der Waals surface area contributed by atoms with Gasteiger partial charge in [0.15, 0.2) is 10.7 Å². The Morgan fingerprint density at radius 2 is 1.91 bits per heavy atom. The first-order valence-electron chi connectivity index (χ1n) is 6.30. The van der Waals surface area contributed by atoms with Gasteiger partial charge in [-0.2, -0.15) is 0 Å². The summed E-state index contributed by atoms with van der Waals surface area (Å²) in [4.78, 5) is 0.0697. The molecular weight excluding hydrogens is 324 g/mol. The van der Waals surface area contributed by atoms with E-state index in [2.05, 4.69) is 19.5 Å². The van der Waals surface area contributed by atoms with Crippen LogP contribution in [-0.2, 0) is 10.0 Å². The molecule has 2 heterocycles. The third-order valence-corrected chi connectivity index (χ3v) is 5.16. The van der Waals surface area contributed by atoms with Gasteiger partial charge in [-0.3, -0.25) is 4.72 Å². The molecule has 0 aliphatic rings. The molecule has 22 heavy (non-hydrogen) atoms. The number of benzene rings is 1. The van der Waals surface area contributed by atoms with Crippen LogP contribution in [0.15, 0.2) is 39.1 Å². The van der Waals surface area contributed by atoms with Gasteiger partial charge in [-0.05, 0) is 37.5 Å². The van der Waals surface area contributed by atoms with E-state index in [0.29, 0.717) is 11.4 Å². The molecule has 0 atom stereocenters. The molecule has 0 unspecified atom stereocenters. The minimum absolute atomic E-state index is 0.0697. The zero-order chi connectivity index (χ0) is 15.7. The summed E-state index contributed by atoms with van der Waals surface area (Å²) in [7, 11) is -3.73. The number of aromatic nitrogens is 3. The summed E-state index contributed by atoms with van der Waals surface area (Å²) >= 11 is 1.26. The van der Waals surface area contributed by atoms with Crippen molar-refractivity contribution in [1.82, 2.24) is 14.7 Å². The van der Waals surface area contributed by atoms with Crippen molar-refractivity contribution in [3.63, 3.8) is 0 Å². The zero-order valence-corrected chi connectivity index (χ0v) is 13.4. The molecular formula is C13H12N4O3S2. The number of aryl methyl sites for hydroxylation is 2. The van der Waals surface area contributed by atoms with Crippen LogP contribution in [0.4, 0.5) is 5.69 Å².